The molecule has 0 saturated heterocycles. The summed E-state index contributed by atoms with van der Waals surface area (Å²) in [6.07, 6.45) is -6.45. The van der Waals surface area contributed by atoms with Crippen LogP contribution in [-0.4, -0.2) is 61.7 Å². The quantitative estimate of drug-likeness (QED) is 0.140. The minimum absolute atomic E-state index is 0.0942. The number of ether oxygens (including phenoxy) is 2. The number of amides is 1. The summed E-state index contributed by atoms with van der Waals surface area (Å²) in [5.41, 5.74) is 4.44. The Morgan fingerprint density at radius 3 is 1.89 bits per heavy atom. The van der Waals surface area contributed by atoms with Crippen LogP contribution < -0.4 is 21.0 Å². The lowest BCUT2D eigenvalue weighted by Crippen LogP contribution is -2.25. The first-order chi connectivity index (χ1) is 26.5. The van der Waals surface area contributed by atoms with Gasteiger partial charge in [0, 0.05) is 38.8 Å². The average molecular weight is 783 g/mol. The van der Waals surface area contributed by atoms with Crippen molar-refractivity contribution in [3.63, 3.8) is 0 Å². The Balaban J connectivity index is 0.000000190. The minimum Gasteiger partial charge on any atom is -0.408 e. The Morgan fingerprint density at radius 2 is 1.30 bits per heavy atom. The second-order valence-corrected chi connectivity index (χ2v) is 12.1. The Bertz CT molecular complexity index is 2580. The molecule has 0 saturated carbocycles. The number of nitrogens with zero attached hydrogens (tertiary/aromatic N) is 6. The van der Waals surface area contributed by atoms with Gasteiger partial charge in [-0.3, -0.25) is 13.9 Å². The molecule has 7 aromatic rings. The zero-order chi connectivity index (χ0) is 40.2. The molecule has 0 atom stereocenters. The van der Waals surface area contributed by atoms with Crippen molar-refractivity contribution < 1.29 is 49.4 Å². The van der Waals surface area contributed by atoms with Gasteiger partial charge in [-0.2, -0.15) is 0 Å². The van der Waals surface area contributed by atoms with Gasteiger partial charge in [-0.1, -0.05) is 18.2 Å². The summed E-state index contributed by atoms with van der Waals surface area (Å²) in [5, 5.41) is 0. The normalized spacial score (nSPS) is 11.6. The Hall–Kier alpha value is -6.92. The highest BCUT2D eigenvalue weighted by Crippen LogP contribution is 2.29. The molecule has 0 N–H and O–H groups in total. The molecular weight excluding hydrogens is 754 g/mol. The number of aromatic nitrogens is 5. The van der Waals surface area contributed by atoms with Gasteiger partial charge in [-0.25, -0.2) is 24.5 Å². The van der Waals surface area contributed by atoms with E-state index in [-0.39, 0.29) is 48.1 Å². The van der Waals surface area contributed by atoms with Gasteiger partial charge in [0.05, 0.1) is 23.4 Å². The standard InChI is InChI=1S/C19H12F3N3O3.C18H16F3N3O4/c20-19(21,22)28-15-4-1-12(2-5-15)13-3-6-17-16(9-13)25(18(26)27-17)10-14-7-8-23-11-24-14;1-23(2)15(25)9-10-24-16-14(27-17(24)26)8-7-13(22-16)11-3-5-12(6-4-11)28-18(19,20)21/h1-9,11H,10H2;3-8H,9-10H2,1-2H3. The van der Waals surface area contributed by atoms with Crippen LogP contribution in [0, 0.1) is 0 Å². The average Bonchev–Trinajstić information content (AvgIpc) is 3.63. The smallest absolute Gasteiger partial charge is 0.408 e. The molecule has 56 heavy (non-hydrogen) atoms. The molecule has 13 nitrogen and oxygen atoms in total. The molecule has 0 radical (unpaired) electrons. The third-order valence-electron chi connectivity index (χ3n) is 8.00. The number of oxazole rings is 2. The van der Waals surface area contributed by atoms with Crippen molar-refractivity contribution in [2.75, 3.05) is 14.1 Å². The second kappa shape index (κ2) is 15.8. The number of aryl methyl sites for hydroxylation is 1. The molecule has 290 valence electrons. The van der Waals surface area contributed by atoms with Crippen molar-refractivity contribution >= 4 is 28.2 Å². The minimum atomic E-state index is -4.77. The molecule has 4 heterocycles. The number of hydrogen-bond donors (Lipinski definition) is 0. The molecule has 0 spiro atoms. The van der Waals surface area contributed by atoms with E-state index in [0.29, 0.717) is 39.2 Å². The fourth-order valence-electron chi connectivity index (χ4n) is 5.37. The summed E-state index contributed by atoms with van der Waals surface area (Å²) in [6, 6.07) is 20.6. The van der Waals surface area contributed by atoms with Crippen LogP contribution in [0.2, 0.25) is 0 Å². The van der Waals surface area contributed by atoms with Gasteiger partial charge in [0.15, 0.2) is 16.8 Å². The lowest BCUT2D eigenvalue weighted by Gasteiger charge is -2.10. The topological polar surface area (TPSA) is 148 Å². The van der Waals surface area contributed by atoms with E-state index in [1.165, 1.54) is 68.9 Å². The van der Waals surface area contributed by atoms with Crippen LogP contribution in [-0.2, 0) is 17.9 Å². The Labute approximate surface area is 311 Å². The highest BCUT2D eigenvalue weighted by Gasteiger charge is 2.31. The number of carbonyl (C=O) groups is 1. The molecule has 7 rings (SSSR count). The predicted octanol–water partition coefficient (Wildman–Crippen LogP) is 7.03. The number of carbonyl (C=O) groups excluding carboxylic acids is 1. The van der Waals surface area contributed by atoms with Crippen LogP contribution >= 0.6 is 0 Å². The summed E-state index contributed by atoms with van der Waals surface area (Å²) in [4.78, 5) is 49.8. The zero-order valence-electron chi connectivity index (χ0n) is 29.2. The molecule has 0 aliphatic rings. The van der Waals surface area contributed by atoms with Crippen LogP contribution in [0.1, 0.15) is 12.1 Å². The summed E-state index contributed by atoms with van der Waals surface area (Å²) >= 11 is 0. The van der Waals surface area contributed by atoms with E-state index in [1.54, 1.807) is 56.7 Å². The number of halogens is 6. The Morgan fingerprint density at radius 1 is 0.732 bits per heavy atom. The highest BCUT2D eigenvalue weighted by atomic mass is 19.4. The maximum atomic E-state index is 12.3. The van der Waals surface area contributed by atoms with Crippen LogP contribution in [0.4, 0.5) is 26.3 Å². The number of hydrogen-bond acceptors (Lipinski definition) is 10. The van der Waals surface area contributed by atoms with Crippen molar-refractivity contribution in [1.29, 1.82) is 0 Å². The first-order valence-electron chi connectivity index (χ1n) is 16.3. The van der Waals surface area contributed by atoms with E-state index >= 15 is 0 Å². The van der Waals surface area contributed by atoms with Crippen LogP contribution in [0.25, 0.3) is 44.7 Å². The zero-order valence-corrected chi connectivity index (χ0v) is 29.2. The van der Waals surface area contributed by atoms with Gasteiger partial charge in [0.2, 0.25) is 5.91 Å². The van der Waals surface area contributed by atoms with Gasteiger partial charge in [0.1, 0.15) is 17.8 Å². The molecular formula is C37H28F6N6O7. The molecule has 4 aromatic heterocycles. The third kappa shape index (κ3) is 9.59. The van der Waals surface area contributed by atoms with Crippen LogP contribution in [0.5, 0.6) is 11.5 Å². The van der Waals surface area contributed by atoms with Crippen LogP contribution in [0.15, 0.2) is 116 Å². The first kappa shape index (κ1) is 38.8. The summed E-state index contributed by atoms with van der Waals surface area (Å²) in [6.45, 7) is 0.299. The third-order valence-corrected chi connectivity index (χ3v) is 8.00. The Kier molecular flexibility index (Phi) is 11.0. The number of benzene rings is 3. The SMILES string of the molecule is CN(C)C(=O)CCn1c(=O)oc2ccc(-c3ccc(OC(F)(F)F)cc3)nc21.O=c1oc2ccc(-c3ccc(OC(F)(F)F)cc3)cc2n1Cc1ccncn1. The molecule has 3 aromatic carbocycles. The largest absolute Gasteiger partial charge is 0.573 e. The number of alkyl halides is 6. The van der Waals surface area contributed by atoms with E-state index in [1.807, 2.05) is 0 Å². The van der Waals surface area contributed by atoms with E-state index in [4.69, 9.17) is 8.83 Å². The van der Waals surface area contributed by atoms with Gasteiger partial charge in [-0.05, 0) is 77.9 Å². The number of fused-ring (bicyclic) bond motifs is 2. The van der Waals surface area contributed by atoms with Crippen LogP contribution in [0.3, 0.4) is 0 Å². The van der Waals surface area contributed by atoms with Gasteiger partial charge < -0.3 is 23.2 Å². The summed E-state index contributed by atoms with van der Waals surface area (Å²) in [7, 11) is 3.22. The molecule has 19 heteroatoms. The molecule has 1 amide bonds. The highest BCUT2D eigenvalue weighted by molar-refractivity contribution is 5.81. The van der Waals surface area contributed by atoms with E-state index < -0.39 is 24.2 Å². The van der Waals surface area contributed by atoms with Crippen molar-refractivity contribution in [3.8, 4) is 33.9 Å². The van der Waals surface area contributed by atoms with Crippen molar-refractivity contribution in [2.24, 2.45) is 0 Å². The van der Waals surface area contributed by atoms with Crippen molar-refractivity contribution in [2.45, 2.75) is 32.2 Å². The summed E-state index contributed by atoms with van der Waals surface area (Å²) in [5.74, 6) is -1.97. The molecule has 0 aliphatic heterocycles. The lowest BCUT2D eigenvalue weighted by atomic mass is 10.1. The molecule has 0 fully saturated rings. The van der Waals surface area contributed by atoms with E-state index in [9.17, 15) is 40.7 Å². The van der Waals surface area contributed by atoms with Crippen molar-refractivity contribution in [1.82, 2.24) is 29.0 Å². The second-order valence-electron chi connectivity index (χ2n) is 12.1. The first-order valence-corrected chi connectivity index (χ1v) is 16.3. The molecule has 0 bridgehead atoms. The summed E-state index contributed by atoms with van der Waals surface area (Å²) < 4.78 is 94.4. The fraction of sp³-hybridized carbons (Fsp3) is 0.189. The van der Waals surface area contributed by atoms with E-state index in [2.05, 4.69) is 24.4 Å². The molecule has 0 aliphatic carbocycles. The fourth-order valence-corrected chi connectivity index (χ4v) is 5.37. The van der Waals surface area contributed by atoms with E-state index in [0.717, 1.165) is 0 Å². The molecule has 0 unspecified atom stereocenters. The monoisotopic (exact) mass is 782 g/mol. The number of rotatable bonds is 9. The van der Waals surface area contributed by atoms with Crippen molar-refractivity contribution in [3.05, 3.63) is 124 Å². The lowest BCUT2D eigenvalue weighted by molar-refractivity contribution is -0.275. The maximum absolute atomic E-state index is 12.3. The predicted molar refractivity (Wildman–Crippen MR) is 187 cm³/mol. The number of pyridine rings is 1. The van der Waals surface area contributed by atoms with Gasteiger partial charge >= 0.3 is 24.2 Å². The van der Waals surface area contributed by atoms with Gasteiger partial charge in [-0.15, -0.1) is 26.3 Å². The van der Waals surface area contributed by atoms with Gasteiger partial charge in [0.25, 0.3) is 0 Å². The maximum Gasteiger partial charge on any atom is 0.573 e.